The molecular formula is C9H4Cl2F3N3. The Bertz CT molecular complexity index is 537. The first kappa shape index (κ1) is 12.2. The highest BCUT2D eigenvalue weighted by molar-refractivity contribution is 6.42. The third kappa shape index (κ3) is 2.37. The molecule has 17 heavy (non-hydrogen) atoms. The summed E-state index contributed by atoms with van der Waals surface area (Å²) >= 11 is 11.2. The van der Waals surface area contributed by atoms with Crippen molar-refractivity contribution in [2.24, 2.45) is 0 Å². The van der Waals surface area contributed by atoms with Crippen LogP contribution in [0.2, 0.25) is 10.0 Å². The van der Waals surface area contributed by atoms with Gasteiger partial charge in [-0.05, 0) is 12.1 Å². The lowest BCUT2D eigenvalue weighted by Crippen LogP contribution is -2.08. The summed E-state index contributed by atoms with van der Waals surface area (Å²) in [5.74, 6) is 0. The van der Waals surface area contributed by atoms with Crippen LogP contribution in [-0.2, 0) is 6.18 Å². The standard InChI is InChI=1S/C9H4Cl2F3N3/c10-7-4-5(17-2-1-15-16-17)3-6(8(7)11)9(12,13)14/h1-4H. The SMILES string of the molecule is FC(F)(F)c1cc(-n2ccnn2)cc(Cl)c1Cl. The summed E-state index contributed by atoms with van der Waals surface area (Å²) in [6.45, 7) is 0. The van der Waals surface area contributed by atoms with Gasteiger partial charge in [0.15, 0.2) is 0 Å². The molecule has 0 unspecified atom stereocenters. The van der Waals surface area contributed by atoms with E-state index in [4.69, 9.17) is 23.2 Å². The molecule has 0 radical (unpaired) electrons. The fraction of sp³-hybridized carbons (Fsp3) is 0.111. The molecule has 0 aliphatic heterocycles. The van der Waals surface area contributed by atoms with Crippen LogP contribution in [0, 0.1) is 0 Å². The zero-order valence-electron chi connectivity index (χ0n) is 8.04. The Morgan fingerprint density at radius 3 is 2.41 bits per heavy atom. The van der Waals surface area contributed by atoms with E-state index in [0.29, 0.717) is 0 Å². The Balaban J connectivity index is 2.62. The molecule has 0 saturated heterocycles. The summed E-state index contributed by atoms with van der Waals surface area (Å²) in [6.07, 6.45) is -1.83. The van der Waals surface area contributed by atoms with E-state index in [1.54, 1.807) is 0 Å². The van der Waals surface area contributed by atoms with Gasteiger partial charge in [0.05, 0.1) is 33.7 Å². The van der Waals surface area contributed by atoms with Gasteiger partial charge in [-0.15, -0.1) is 5.10 Å². The summed E-state index contributed by atoms with van der Waals surface area (Å²) in [5, 5.41) is 6.36. The van der Waals surface area contributed by atoms with Gasteiger partial charge in [-0.25, -0.2) is 4.68 Å². The fourth-order valence-electron chi connectivity index (χ4n) is 1.26. The number of hydrogen-bond acceptors (Lipinski definition) is 2. The predicted octanol–water partition coefficient (Wildman–Crippen LogP) is 3.59. The van der Waals surface area contributed by atoms with Crippen molar-refractivity contribution in [3.8, 4) is 5.69 Å². The number of nitrogens with zero attached hydrogens (tertiary/aromatic N) is 3. The monoisotopic (exact) mass is 281 g/mol. The number of rotatable bonds is 1. The van der Waals surface area contributed by atoms with Crippen LogP contribution in [-0.4, -0.2) is 15.0 Å². The van der Waals surface area contributed by atoms with Gasteiger partial charge in [0.1, 0.15) is 0 Å². The number of alkyl halides is 3. The Kier molecular flexibility index (Phi) is 3.01. The van der Waals surface area contributed by atoms with Crippen molar-refractivity contribution in [2.45, 2.75) is 6.18 Å². The van der Waals surface area contributed by atoms with Gasteiger partial charge in [0.2, 0.25) is 0 Å². The minimum atomic E-state index is -4.57. The average Bonchev–Trinajstić information content (AvgIpc) is 2.73. The second-order valence-electron chi connectivity index (χ2n) is 3.13. The van der Waals surface area contributed by atoms with Crippen LogP contribution in [0.25, 0.3) is 5.69 Å². The van der Waals surface area contributed by atoms with Gasteiger partial charge in [0.25, 0.3) is 0 Å². The van der Waals surface area contributed by atoms with Gasteiger partial charge in [-0.1, -0.05) is 28.4 Å². The lowest BCUT2D eigenvalue weighted by atomic mass is 10.2. The molecule has 0 atom stereocenters. The van der Waals surface area contributed by atoms with Crippen LogP contribution in [0.5, 0.6) is 0 Å². The number of halogens is 5. The molecule has 0 spiro atoms. The Morgan fingerprint density at radius 1 is 1.18 bits per heavy atom. The maximum absolute atomic E-state index is 12.7. The topological polar surface area (TPSA) is 30.7 Å². The molecule has 0 amide bonds. The van der Waals surface area contributed by atoms with Crippen molar-refractivity contribution in [1.29, 1.82) is 0 Å². The lowest BCUT2D eigenvalue weighted by Gasteiger charge is -2.12. The molecular weight excluding hydrogens is 278 g/mol. The maximum Gasteiger partial charge on any atom is 0.417 e. The Hall–Kier alpha value is -1.27. The van der Waals surface area contributed by atoms with Crippen molar-refractivity contribution in [3.63, 3.8) is 0 Å². The molecule has 0 aliphatic rings. The van der Waals surface area contributed by atoms with Crippen molar-refractivity contribution in [2.75, 3.05) is 0 Å². The maximum atomic E-state index is 12.7. The molecule has 90 valence electrons. The highest BCUT2D eigenvalue weighted by Gasteiger charge is 2.34. The first-order valence-corrected chi connectivity index (χ1v) is 5.08. The minimum absolute atomic E-state index is 0.143. The number of hydrogen-bond donors (Lipinski definition) is 0. The third-order valence-electron chi connectivity index (χ3n) is 2.01. The summed E-state index contributed by atoms with van der Waals surface area (Å²) < 4.78 is 39.2. The molecule has 0 fully saturated rings. The van der Waals surface area contributed by atoms with E-state index in [2.05, 4.69) is 10.3 Å². The second kappa shape index (κ2) is 4.19. The van der Waals surface area contributed by atoms with Gasteiger partial charge >= 0.3 is 6.18 Å². The molecule has 1 heterocycles. The van der Waals surface area contributed by atoms with Crippen molar-refractivity contribution in [1.82, 2.24) is 15.0 Å². The molecule has 2 rings (SSSR count). The highest BCUT2D eigenvalue weighted by atomic mass is 35.5. The smallest absolute Gasteiger partial charge is 0.221 e. The molecule has 2 aromatic rings. The zero-order chi connectivity index (χ0) is 12.6. The summed E-state index contributed by atoms with van der Waals surface area (Å²) in [5.41, 5.74) is -0.860. The zero-order valence-corrected chi connectivity index (χ0v) is 9.55. The predicted molar refractivity (Wildman–Crippen MR) is 56.4 cm³/mol. The Morgan fingerprint density at radius 2 is 1.88 bits per heavy atom. The summed E-state index contributed by atoms with van der Waals surface area (Å²) in [4.78, 5) is 0. The van der Waals surface area contributed by atoms with Crippen molar-refractivity contribution >= 4 is 23.2 Å². The van der Waals surface area contributed by atoms with Crippen LogP contribution >= 0.6 is 23.2 Å². The molecule has 0 bridgehead atoms. The highest BCUT2D eigenvalue weighted by Crippen LogP contribution is 2.39. The molecule has 0 N–H and O–H groups in total. The first-order valence-electron chi connectivity index (χ1n) is 4.32. The second-order valence-corrected chi connectivity index (χ2v) is 3.92. The summed E-state index contributed by atoms with van der Waals surface area (Å²) in [6, 6.07) is 2.15. The Labute approximate surface area is 104 Å². The van der Waals surface area contributed by atoms with E-state index in [-0.39, 0.29) is 10.7 Å². The molecule has 0 saturated carbocycles. The van der Waals surface area contributed by atoms with E-state index in [0.717, 1.165) is 10.7 Å². The van der Waals surface area contributed by atoms with Gasteiger partial charge in [-0.3, -0.25) is 0 Å². The van der Waals surface area contributed by atoms with Gasteiger partial charge in [0, 0.05) is 0 Å². The van der Waals surface area contributed by atoms with Crippen molar-refractivity contribution in [3.05, 3.63) is 40.1 Å². The number of benzene rings is 1. The average molecular weight is 282 g/mol. The minimum Gasteiger partial charge on any atom is -0.221 e. The van der Waals surface area contributed by atoms with Gasteiger partial charge in [-0.2, -0.15) is 13.2 Å². The molecule has 8 heteroatoms. The van der Waals surface area contributed by atoms with E-state index < -0.39 is 16.8 Å². The van der Waals surface area contributed by atoms with Crippen LogP contribution in [0.3, 0.4) is 0 Å². The molecule has 3 nitrogen and oxygen atoms in total. The van der Waals surface area contributed by atoms with E-state index in [1.165, 1.54) is 18.5 Å². The quantitative estimate of drug-likeness (QED) is 0.800. The number of aromatic nitrogens is 3. The molecule has 1 aromatic heterocycles. The molecule has 1 aromatic carbocycles. The summed E-state index contributed by atoms with van der Waals surface area (Å²) in [7, 11) is 0. The first-order chi connectivity index (χ1) is 7.89. The fourth-order valence-corrected chi connectivity index (χ4v) is 1.69. The third-order valence-corrected chi connectivity index (χ3v) is 2.81. The van der Waals surface area contributed by atoms with E-state index >= 15 is 0 Å². The van der Waals surface area contributed by atoms with E-state index in [9.17, 15) is 13.2 Å². The van der Waals surface area contributed by atoms with Crippen LogP contribution in [0.15, 0.2) is 24.5 Å². The van der Waals surface area contributed by atoms with Gasteiger partial charge < -0.3 is 0 Å². The van der Waals surface area contributed by atoms with Crippen LogP contribution in [0.1, 0.15) is 5.56 Å². The lowest BCUT2D eigenvalue weighted by molar-refractivity contribution is -0.137. The van der Waals surface area contributed by atoms with Crippen LogP contribution in [0.4, 0.5) is 13.2 Å². The van der Waals surface area contributed by atoms with Crippen molar-refractivity contribution < 1.29 is 13.2 Å². The van der Waals surface area contributed by atoms with Crippen LogP contribution < -0.4 is 0 Å². The molecule has 0 aliphatic carbocycles. The van der Waals surface area contributed by atoms with E-state index in [1.807, 2.05) is 0 Å². The largest absolute Gasteiger partial charge is 0.417 e. The normalized spacial score (nSPS) is 11.8.